The third kappa shape index (κ3) is 3.76. The number of rotatable bonds is 6. The zero-order chi connectivity index (χ0) is 19.5. The molecule has 0 aliphatic heterocycles. The highest BCUT2D eigenvalue weighted by molar-refractivity contribution is 5.84. The number of phenolic OH excluding ortho intramolecular Hbond substituents is 1. The predicted octanol–water partition coefficient (Wildman–Crippen LogP) is 3.74. The molecular weight excluding hydrogens is 354 g/mol. The van der Waals surface area contributed by atoms with Crippen LogP contribution in [0, 0.1) is 6.92 Å². The summed E-state index contributed by atoms with van der Waals surface area (Å²) in [4.78, 5) is 20.0. The topological polar surface area (TPSA) is 91.2 Å². The number of aromatic hydroxyl groups is 1. The van der Waals surface area contributed by atoms with Crippen molar-refractivity contribution in [1.29, 1.82) is 0 Å². The molecule has 3 N–H and O–H groups in total. The van der Waals surface area contributed by atoms with E-state index in [0.29, 0.717) is 30.3 Å². The number of nitrogens with zero attached hydrogens (tertiary/aromatic N) is 1. The maximum Gasteiger partial charge on any atom is 0.226 e. The van der Waals surface area contributed by atoms with Crippen LogP contribution >= 0.6 is 0 Å². The molecule has 1 amide bonds. The van der Waals surface area contributed by atoms with Crippen LogP contribution in [0.4, 0.5) is 0 Å². The molecule has 0 radical (unpaired) electrons. The molecule has 4 rings (SSSR count). The van der Waals surface area contributed by atoms with Gasteiger partial charge in [-0.25, -0.2) is 4.98 Å². The molecule has 142 valence electrons. The van der Waals surface area contributed by atoms with Crippen LogP contribution in [0.3, 0.4) is 0 Å². The van der Waals surface area contributed by atoms with Crippen molar-refractivity contribution in [1.82, 2.24) is 15.3 Å². The van der Waals surface area contributed by atoms with Crippen LogP contribution in [0.5, 0.6) is 5.75 Å². The Kier molecular flexibility index (Phi) is 4.85. The summed E-state index contributed by atoms with van der Waals surface area (Å²) in [5, 5.41) is 13.6. The number of amides is 1. The van der Waals surface area contributed by atoms with E-state index in [-0.39, 0.29) is 18.1 Å². The average molecular weight is 375 g/mol. The average Bonchev–Trinajstić information content (AvgIpc) is 3.26. The number of aromatic amines is 1. The summed E-state index contributed by atoms with van der Waals surface area (Å²) in [5.74, 6) is 1.31. The monoisotopic (exact) mass is 375 g/mol. The summed E-state index contributed by atoms with van der Waals surface area (Å²) in [7, 11) is 0. The number of aromatic nitrogens is 2. The van der Waals surface area contributed by atoms with Crippen molar-refractivity contribution >= 4 is 16.8 Å². The lowest BCUT2D eigenvalue weighted by Gasteiger charge is -2.04. The van der Waals surface area contributed by atoms with Crippen molar-refractivity contribution in [3.05, 3.63) is 71.7 Å². The van der Waals surface area contributed by atoms with Crippen LogP contribution in [0.2, 0.25) is 0 Å². The largest absolute Gasteiger partial charge is 0.508 e. The fourth-order valence-electron chi connectivity index (χ4n) is 3.22. The van der Waals surface area contributed by atoms with Crippen LogP contribution in [0.15, 0.2) is 59.1 Å². The maximum atomic E-state index is 12.3. The Labute approximate surface area is 162 Å². The van der Waals surface area contributed by atoms with E-state index in [1.54, 1.807) is 12.1 Å². The Hall–Kier alpha value is -3.54. The second-order valence-electron chi connectivity index (χ2n) is 6.71. The SMILES string of the molecule is Cc1oc(-c2ccccc2)nc1CC(=O)NCCc1c[nH]c2ccc(O)cc12. The molecule has 0 bridgehead atoms. The first-order valence-corrected chi connectivity index (χ1v) is 9.17. The molecule has 0 fully saturated rings. The van der Waals surface area contributed by atoms with Gasteiger partial charge in [-0.15, -0.1) is 0 Å². The molecule has 6 heteroatoms. The number of hydrogen-bond acceptors (Lipinski definition) is 4. The Morgan fingerprint density at radius 3 is 2.86 bits per heavy atom. The van der Waals surface area contributed by atoms with E-state index in [1.165, 1.54) is 0 Å². The van der Waals surface area contributed by atoms with Gasteiger partial charge in [-0.3, -0.25) is 4.79 Å². The van der Waals surface area contributed by atoms with E-state index < -0.39 is 0 Å². The number of benzene rings is 2. The number of phenols is 1. The minimum absolute atomic E-state index is 0.0984. The van der Waals surface area contributed by atoms with Crippen LogP contribution in [-0.2, 0) is 17.6 Å². The number of fused-ring (bicyclic) bond motifs is 1. The van der Waals surface area contributed by atoms with Gasteiger partial charge in [0, 0.05) is 29.2 Å². The summed E-state index contributed by atoms with van der Waals surface area (Å²) in [5.41, 5.74) is 3.55. The molecule has 2 aromatic carbocycles. The Morgan fingerprint density at radius 1 is 1.21 bits per heavy atom. The quantitative estimate of drug-likeness (QED) is 0.479. The predicted molar refractivity (Wildman–Crippen MR) is 107 cm³/mol. The molecule has 0 aliphatic rings. The van der Waals surface area contributed by atoms with Gasteiger partial charge in [-0.2, -0.15) is 0 Å². The molecule has 0 saturated carbocycles. The Balaban J connectivity index is 1.36. The lowest BCUT2D eigenvalue weighted by atomic mass is 10.1. The molecule has 0 unspecified atom stereocenters. The number of nitrogens with one attached hydrogen (secondary N) is 2. The van der Waals surface area contributed by atoms with E-state index in [1.807, 2.05) is 49.5 Å². The van der Waals surface area contributed by atoms with Gasteiger partial charge in [0.25, 0.3) is 0 Å². The Morgan fingerprint density at radius 2 is 2.04 bits per heavy atom. The third-order valence-corrected chi connectivity index (χ3v) is 4.71. The number of carbonyl (C=O) groups is 1. The molecular formula is C22H21N3O3. The highest BCUT2D eigenvalue weighted by Gasteiger charge is 2.14. The molecule has 0 aliphatic carbocycles. The molecule has 0 saturated heterocycles. The number of H-pyrrole nitrogens is 1. The summed E-state index contributed by atoms with van der Waals surface area (Å²) >= 11 is 0. The van der Waals surface area contributed by atoms with Crippen molar-refractivity contribution in [2.45, 2.75) is 19.8 Å². The van der Waals surface area contributed by atoms with Crippen molar-refractivity contribution in [3.63, 3.8) is 0 Å². The fourth-order valence-corrected chi connectivity index (χ4v) is 3.22. The molecule has 28 heavy (non-hydrogen) atoms. The number of carbonyl (C=O) groups excluding carboxylic acids is 1. The normalized spacial score (nSPS) is 11.0. The van der Waals surface area contributed by atoms with Crippen LogP contribution in [-0.4, -0.2) is 27.5 Å². The molecule has 6 nitrogen and oxygen atoms in total. The van der Waals surface area contributed by atoms with Gasteiger partial charge >= 0.3 is 0 Å². The number of oxazole rings is 1. The lowest BCUT2D eigenvalue weighted by molar-refractivity contribution is -0.120. The van der Waals surface area contributed by atoms with Crippen molar-refractivity contribution < 1.29 is 14.3 Å². The molecule has 0 spiro atoms. The standard InChI is InChI=1S/C22H21N3O3/c1-14-20(25-22(28-14)15-5-3-2-4-6-15)12-21(27)23-10-9-16-13-24-19-8-7-17(26)11-18(16)19/h2-8,11,13,24,26H,9-10,12H2,1H3,(H,23,27). The van der Waals surface area contributed by atoms with E-state index in [2.05, 4.69) is 15.3 Å². The van der Waals surface area contributed by atoms with Crippen LogP contribution < -0.4 is 5.32 Å². The van der Waals surface area contributed by atoms with E-state index in [0.717, 1.165) is 22.0 Å². The fraction of sp³-hybridized carbons (Fsp3) is 0.182. The number of hydrogen-bond donors (Lipinski definition) is 3. The van der Waals surface area contributed by atoms with E-state index >= 15 is 0 Å². The second-order valence-corrected chi connectivity index (χ2v) is 6.71. The van der Waals surface area contributed by atoms with Gasteiger partial charge in [-0.1, -0.05) is 18.2 Å². The molecule has 4 aromatic rings. The third-order valence-electron chi connectivity index (χ3n) is 4.71. The van der Waals surface area contributed by atoms with Gasteiger partial charge in [0.1, 0.15) is 11.5 Å². The minimum Gasteiger partial charge on any atom is -0.508 e. The minimum atomic E-state index is -0.0984. The lowest BCUT2D eigenvalue weighted by Crippen LogP contribution is -2.27. The number of aryl methyl sites for hydroxylation is 1. The summed E-state index contributed by atoms with van der Waals surface area (Å²) < 4.78 is 5.71. The van der Waals surface area contributed by atoms with Crippen LogP contribution in [0.1, 0.15) is 17.0 Å². The van der Waals surface area contributed by atoms with Crippen molar-refractivity contribution in [3.8, 4) is 17.2 Å². The zero-order valence-corrected chi connectivity index (χ0v) is 15.5. The van der Waals surface area contributed by atoms with Gasteiger partial charge in [0.05, 0.1) is 12.1 Å². The highest BCUT2D eigenvalue weighted by atomic mass is 16.4. The van der Waals surface area contributed by atoms with E-state index in [4.69, 9.17) is 4.42 Å². The Bertz CT molecular complexity index is 1110. The van der Waals surface area contributed by atoms with Gasteiger partial charge < -0.3 is 19.8 Å². The van der Waals surface area contributed by atoms with Crippen molar-refractivity contribution in [2.75, 3.05) is 6.54 Å². The summed E-state index contributed by atoms with van der Waals surface area (Å²) in [6.07, 6.45) is 2.75. The highest BCUT2D eigenvalue weighted by Crippen LogP contribution is 2.23. The first-order valence-electron chi connectivity index (χ1n) is 9.17. The summed E-state index contributed by atoms with van der Waals surface area (Å²) in [6.45, 7) is 2.32. The molecule has 0 atom stereocenters. The zero-order valence-electron chi connectivity index (χ0n) is 15.5. The van der Waals surface area contributed by atoms with Crippen molar-refractivity contribution in [2.24, 2.45) is 0 Å². The second kappa shape index (κ2) is 7.60. The summed E-state index contributed by atoms with van der Waals surface area (Å²) in [6, 6.07) is 14.8. The maximum absolute atomic E-state index is 12.3. The van der Waals surface area contributed by atoms with Gasteiger partial charge in [0.2, 0.25) is 11.8 Å². The van der Waals surface area contributed by atoms with Gasteiger partial charge in [-0.05, 0) is 49.2 Å². The molecule has 2 aromatic heterocycles. The molecule has 2 heterocycles. The van der Waals surface area contributed by atoms with Gasteiger partial charge in [0.15, 0.2) is 0 Å². The smallest absolute Gasteiger partial charge is 0.226 e. The van der Waals surface area contributed by atoms with Crippen LogP contribution in [0.25, 0.3) is 22.4 Å². The van der Waals surface area contributed by atoms with E-state index in [9.17, 15) is 9.90 Å². The first kappa shape index (κ1) is 17.9. The first-order chi connectivity index (χ1) is 13.6.